The molecule has 2 N–H and O–H groups in total. The summed E-state index contributed by atoms with van der Waals surface area (Å²) in [6, 6.07) is 15.0. The van der Waals surface area contributed by atoms with Gasteiger partial charge in [-0.3, -0.25) is 19.6 Å². The number of nitrogens with zero attached hydrogens (tertiary/aromatic N) is 4. The second-order valence-electron chi connectivity index (χ2n) is 9.74. The topological polar surface area (TPSA) is 109 Å². The number of esters is 1. The minimum Gasteiger partial charge on any atom is -0.459 e. The van der Waals surface area contributed by atoms with Gasteiger partial charge in [-0.1, -0.05) is 42.1 Å². The summed E-state index contributed by atoms with van der Waals surface area (Å²) < 4.78 is 5.36. The van der Waals surface area contributed by atoms with Gasteiger partial charge in [0.1, 0.15) is 11.3 Å². The van der Waals surface area contributed by atoms with Crippen molar-refractivity contribution < 1.29 is 14.3 Å². The van der Waals surface area contributed by atoms with Crippen molar-refractivity contribution in [3.63, 3.8) is 0 Å². The number of fused-ring (bicyclic) bond motifs is 2. The summed E-state index contributed by atoms with van der Waals surface area (Å²) >= 11 is 1.56. The van der Waals surface area contributed by atoms with Gasteiger partial charge >= 0.3 is 5.97 Å². The number of carbonyl (C=O) groups excluding carboxylic acids is 2. The smallest absolute Gasteiger partial charge is 0.320 e. The lowest BCUT2D eigenvalue weighted by Crippen LogP contribution is -2.34. The minimum atomic E-state index is -0.507. The molecule has 3 aromatic rings. The molecule has 1 unspecified atom stereocenters. The number of aliphatic imine (C=N–C) groups is 1. The first-order valence-electron chi connectivity index (χ1n) is 12.0. The number of thioether (sulfide) groups is 1. The number of nitrogens with one attached hydrogen (secondary N) is 2. The van der Waals surface area contributed by atoms with Crippen molar-refractivity contribution in [3.8, 4) is 0 Å². The molecule has 0 aliphatic carbocycles. The van der Waals surface area contributed by atoms with Crippen LogP contribution in [0.2, 0.25) is 0 Å². The molecule has 1 atom stereocenters. The fraction of sp³-hybridized carbons (Fsp3) is 0.296. The number of hydrogen-bond donors (Lipinski definition) is 2. The number of rotatable bonds is 7. The Bertz CT molecular complexity index is 1410. The Morgan fingerprint density at radius 2 is 1.86 bits per heavy atom. The van der Waals surface area contributed by atoms with E-state index in [1.165, 1.54) is 6.20 Å². The van der Waals surface area contributed by atoms with Crippen LogP contribution in [0, 0.1) is 0 Å². The number of benzene rings is 2. The first-order chi connectivity index (χ1) is 17.8. The molecule has 0 radical (unpaired) electrons. The van der Waals surface area contributed by atoms with Crippen molar-refractivity contribution in [2.45, 2.75) is 32.4 Å². The Morgan fingerprint density at radius 1 is 1.11 bits per heavy atom. The predicted octanol–water partition coefficient (Wildman–Crippen LogP) is 4.11. The molecule has 1 aromatic heterocycles. The van der Waals surface area contributed by atoms with Gasteiger partial charge in [-0.2, -0.15) is 0 Å². The molecule has 37 heavy (non-hydrogen) atoms. The third-order valence-electron chi connectivity index (χ3n) is 5.74. The average molecular weight is 517 g/mol. The number of amidine groups is 1. The normalized spacial score (nSPS) is 16.8. The highest BCUT2D eigenvalue weighted by Crippen LogP contribution is 2.38. The second kappa shape index (κ2) is 10.3. The van der Waals surface area contributed by atoms with Gasteiger partial charge in [0.15, 0.2) is 5.17 Å². The van der Waals surface area contributed by atoms with E-state index in [-0.39, 0.29) is 30.2 Å². The Hall–Kier alpha value is -3.76. The van der Waals surface area contributed by atoms with Crippen molar-refractivity contribution in [1.82, 2.24) is 20.2 Å². The van der Waals surface area contributed by atoms with E-state index in [4.69, 9.17) is 9.73 Å². The van der Waals surface area contributed by atoms with Gasteiger partial charge in [-0.05, 0) is 44.4 Å². The molecular formula is C27H28N6O3S. The molecular weight excluding hydrogens is 488 g/mol. The Morgan fingerprint density at radius 3 is 2.68 bits per heavy atom. The lowest BCUT2D eigenvalue weighted by atomic mass is 10.0. The summed E-state index contributed by atoms with van der Waals surface area (Å²) in [5, 5.41) is 9.11. The molecule has 2 aliphatic rings. The maximum absolute atomic E-state index is 13.0. The minimum absolute atomic E-state index is 0.134. The van der Waals surface area contributed by atoms with E-state index >= 15 is 0 Å². The van der Waals surface area contributed by atoms with E-state index in [0.717, 1.165) is 21.9 Å². The van der Waals surface area contributed by atoms with Gasteiger partial charge in [-0.15, -0.1) is 0 Å². The molecule has 0 spiro atoms. The third kappa shape index (κ3) is 5.81. The largest absolute Gasteiger partial charge is 0.459 e. The number of amides is 1. The zero-order valence-corrected chi connectivity index (χ0v) is 21.7. The van der Waals surface area contributed by atoms with E-state index in [2.05, 4.69) is 25.5 Å². The number of anilines is 1. The molecule has 9 nitrogen and oxygen atoms in total. The van der Waals surface area contributed by atoms with E-state index in [1.807, 2.05) is 74.7 Å². The molecule has 0 fully saturated rings. The van der Waals surface area contributed by atoms with Gasteiger partial charge in [0.25, 0.3) is 5.91 Å². The Kier molecular flexibility index (Phi) is 6.94. The summed E-state index contributed by atoms with van der Waals surface area (Å²) in [7, 11) is 0. The van der Waals surface area contributed by atoms with Gasteiger partial charge < -0.3 is 20.3 Å². The quantitative estimate of drug-likeness (QED) is 0.452. The van der Waals surface area contributed by atoms with E-state index in [1.54, 1.807) is 11.8 Å². The number of hydrogen-bond acceptors (Lipinski definition) is 9. The van der Waals surface area contributed by atoms with E-state index < -0.39 is 5.60 Å². The maximum Gasteiger partial charge on any atom is 0.320 e. The molecule has 2 aliphatic heterocycles. The summed E-state index contributed by atoms with van der Waals surface area (Å²) in [6.07, 6.45) is 1.49. The fourth-order valence-corrected chi connectivity index (χ4v) is 5.10. The average Bonchev–Trinajstić information content (AvgIpc) is 3.44. The SMILES string of the molecule is CC(C)(C)OC(=O)CNCC1=CSC2=NC(c3ccccc3NC(=O)c3cnc4ccccc4n3)CN12. The zero-order valence-electron chi connectivity index (χ0n) is 20.9. The van der Waals surface area contributed by atoms with E-state index in [9.17, 15) is 9.59 Å². The van der Waals surface area contributed by atoms with Crippen LogP contribution in [-0.2, 0) is 9.53 Å². The van der Waals surface area contributed by atoms with Crippen LogP contribution in [0.5, 0.6) is 0 Å². The van der Waals surface area contributed by atoms with Crippen molar-refractivity contribution in [2.75, 3.05) is 25.0 Å². The zero-order chi connectivity index (χ0) is 26.0. The fourth-order valence-electron chi connectivity index (χ4n) is 4.14. The van der Waals surface area contributed by atoms with Crippen LogP contribution in [0.3, 0.4) is 0 Å². The molecule has 0 saturated carbocycles. The van der Waals surface area contributed by atoms with Crippen LogP contribution in [0.25, 0.3) is 11.0 Å². The summed E-state index contributed by atoms with van der Waals surface area (Å²) in [5.74, 6) is -0.606. The first kappa shape index (κ1) is 24.9. The highest BCUT2D eigenvalue weighted by atomic mass is 32.2. The molecule has 190 valence electrons. The van der Waals surface area contributed by atoms with Gasteiger partial charge in [0.05, 0.1) is 36.4 Å². The Labute approximate surface area is 219 Å². The number of carbonyl (C=O) groups is 2. The van der Waals surface area contributed by atoms with Gasteiger partial charge in [0.2, 0.25) is 0 Å². The lowest BCUT2D eigenvalue weighted by Gasteiger charge is -2.21. The highest BCUT2D eigenvalue weighted by Gasteiger charge is 2.33. The van der Waals surface area contributed by atoms with Crippen molar-refractivity contribution in [3.05, 3.63) is 77.1 Å². The summed E-state index contributed by atoms with van der Waals surface area (Å²) in [4.78, 5) is 40.9. The molecule has 3 heterocycles. The van der Waals surface area contributed by atoms with Crippen molar-refractivity contribution in [1.29, 1.82) is 0 Å². The Balaban J connectivity index is 1.23. The maximum atomic E-state index is 13.0. The molecule has 0 bridgehead atoms. The first-order valence-corrected chi connectivity index (χ1v) is 12.9. The van der Waals surface area contributed by atoms with Gasteiger partial charge in [-0.25, -0.2) is 4.98 Å². The molecule has 2 aromatic carbocycles. The standard InChI is InChI=1S/C27H28N6O3S/c1-27(2,3)36-24(34)14-28-12-17-16-37-26-32-23(15-33(17)26)18-8-4-5-9-19(18)31-25(35)22-13-29-20-10-6-7-11-21(20)30-22/h4-11,13,16,23,28H,12,14-15H2,1-3H3,(H,31,35). The predicted molar refractivity (Wildman–Crippen MR) is 145 cm³/mol. The summed E-state index contributed by atoms with van der Waals surface area (Å²) in [6.45, 7) is 6.86. The molecule has 5 rings (SSSR count). The van der Waals surface area contributed by atoms with Gasteiger partial charge in [0, 0.05) is 23.5 Å². The van der Waals surface area contributed by atoms with Crippen LogP contribution in [0.15, 0.2) is 70.8 Å². The van der Waals surface area contributed by atoms with Crippen LogP contribution in [0.1, 0.15) is 42.9 Å². The van der Waals surface area contributed by atoms with Crippen LogP contribution in [0.4, 0.5) is 5.69 Å². The number of aromatic nitrogens is 2. The van der Waals surface area contributed by atoms with Crippen LogP contribution >= 0.6 is 11.8 Å². The van der Waals surface area contributed by atoms with Crippen LogP contribution < -0.4 is 10.6 Å². The van der Waals surface area contributed by atoms with Crippen LogP contribution in [-0.4, -0.2) is 57.1 Å². The lowest BCUT2D eigenvalue weighted by molar-refractivity contribution is -0.153. The monoisotopic (exact) mass is 516 g/mol. The van der Waals surface area contributed by atoms with E-state index in [0.29, 0.717) is 24.3 Å². The number of ether oxygens (including phenoxy) is 1. The van der Waals surface area contributed by atoms with Crippen molar-refractivity contribution in [2.24, 2.45) is 4.99 Å². The molecule has 0 saturated heterocycles. The molecule has 1 amide bonds. The number of para-hydroxylation sites is 3. The van der Waals surface area contributed by atoms with Crippen molar-refractivity contribution >= 4 is 45.5 Å². The second-order valence-corrected chi connectivity index (χ2v) is 10.6. The summed E-state index contributed by atoms with van der Waals surface area (Å²) in [5.41, 5.74) is 3.82. The molecule has 10 heteroatoms. The highest BCUT2D eigenvalue weighted by molar-refractivity contribution is 8.16. The third-order valence-corrected chi connectivity index (χ3v) is 6.67.